The molecule has 0 radical (unpaired) electrons. The summed E-state index contributed by atoms with van der Waals surface area (Å²) in [6, 6.07) is 10.3. The molecule has 1 unspecified atom stereocenters. The quantitative estimate of drug-likeness (QED) is 0.780. The van der Waals surface area contributed by atoms with Gasteiger partial charge in [0.15, 0.2) is 5.60 Å². The lowest BCUT2D eigenvalue weighted by Gasteiger charge is -2.31. The number of ether oxygens (including phenoxy) is 1. The van der Waals surface area contributed by atoms with Crippen molar-refractivity contribution in [3.05, 3.63) is 53.6 Å². The monoisotopic (exact) mass is 393 g/mol. The first kappa shape index (κ1) is 18.7. The number of hydrogen-bond donors (Lipinski definition) is 2. The van der Waals surface area contributed by atoms with E-state index in [4.69, 9.17) is 4.74 Å². The van der Waals surface area contributed by atoms with Crippen LogP contribution in [0.4, 0.5) is 11.4 Å². The maximum atomic E-state index is 12.7. The van der Waals surface area contributed by atoms with Gasteiger partial charge in [-0.1, -0.05) is 12.1 Å². The van der Waals surface area contributed by atoms with Crippen LogP contribution in [0.2, 0.25) is 0 Å². The second-order valence-corrected chi connectivity index (χ2v) is 7.47. The highest BCUT2D eigenvalue weighted by Crippen LogP contribution is 2.35. The van der Waals surface area contributed by atoms with Crippen molar-refractivity contribution < 1.29 is 23.9 Å². The molecule has 0 saturated carbocycles. The van der Waals surface area contributed by atoms with Gasteiger partial charge in [0.2, 0.25) is 5.91 Å². The van der Waals surface area contributed by atoms with Crippen LogP contribution in [0.5, 0.6) is 5.75 Å². The summed E-state index contributed by atoms with van der Waals surface area (Å²) in [5.74, 6) is -1.33. The number of anilines is 2. The fourth-order valence-corrected chi connectivity index (χ4v) is 3.31. The van der Waals surface area contributed by atoms with Gasteiger partial charge in [-0.3, -0.25) is 24.1 Å². The van der Waals surface area contributed by atoms with Crippen LogP contribution in [0, 0.1) is 0 Å². The average molecular weight is 393 g/mol. The second kappa shape index (κ2) is 6.44. The van der Waals surface area contributed by atoms with Gasteiger partial charge >= 0.3 is 0 Å². The molecule has 8 heteroatoms. The third-order valence-electron chi connectivity index (χ3n) is 5.00. The van der Waals surface area contributed by atoms with E-state index in [1.54, 1.807) is 56.3 Å². The predicted molar refractivity (Wildman–Crippen MR) is 105 cm³/mol. The molecule has 2 heterocycles. The minimum absolute atomic E-state index is 0.286. The molecule has 8 nitrogen and oxygen atoms in total. The van der Waals surface area contributed by atoms with Crippen LogP contribution in [0.15, 0.2) is 42.5 Å². The zero-order valence-electron chi connectivity index (χ0n) is 16.1. The van der Waals surface area contributed by atoms with Gasteiger partial charge in [-0.2, -0.15) is 0 Å². The Morgan fingerprint density at radius 2 is 1.69 bits per heavy atom. The first-order valence-electron chi connectivity index (χ1n) is 9.11. The van der Waals surface area contributed by atoms with Crippen molar-refractivity contribution in [1.29, 1.82) is 0 Å². The van der Waals surface area contributed by atoms with Crippen LogP contribution in [0.1, 0.15) is 41.5 Å². The molecular weight excluding hydrogens is 374 g/mol. The van der Waals surface area contributed by atoms with E-state index in [1.807, 2.05) is 0 Å². The SMILES string of the molecule is CC(C(=O)Nc1ccc2c(c1)NC(=O)C(C)(C)O2)N1C(=O)c2ccccc2C1=O. The third-order valence-corrected chi connectivity index (χ3v) is 5.00. The number of imide groups is 1. The molecule has 2 aromatic rings. The van der Waals surface area contributed by atoms with E-state index >= 15 is 0 Å². The minimum Gasteiger partial charge on any atom is -0.476 e. The van der Waals surface area contributed by atoms with Gasteiger partial charge in [0.1, 0.15) is 11.8 Å². The molecule has 4 rings (SSSR count). The van der Waals surface area contributed by atoms with Gasteiger partial charge in [0, 0.05) is 5.69 Å². The Balaban J connectivity index is 1.52. The first-order valence-corrected chi connectivity index (χ1v) is 9.11. The number of carbonyl (C=O) groups is 4. The summed E-state index contributed by atoms with van der Waals surface area (Å²) in [7, 11) is 0. The third kappa shape index (κ3) is 3.02. The molecule has 0 bridgehead atoms. The Morgan fingerprint density at radius 1 is 1.07 bits per heavy atom. The molecule has 1 atom stereocenters. The predicted octanol–water partition coefficient (Wildman–Crippen LogP) is 2.42. The molecule has 0 fully saturated rings. The van der Waals surface area contributed by atoms with E-state index in [2.05, 4.69) is 10.6 Å². The highest BCUT2D eigenvalue weighted by molar-refractivity contribution is 6.23. The second-order valence-electron chi connectivity index (χ2n) is 7.47. The zero-order valence-corrected chi connectivity index (χ0v) is 16.1. The van der Waals surface area contributed by atoms with Crippen LogP contribution in [0.3, 0.4) is 0 Å². The Bertz CT molecular complexity index is 1040. The Hall–Kier alpha value is -3.68. The molecule has 0 saturated heterocycles. The molecule has 29 heavy (non-hydrogen) atoms. The van der Waals surface area contributed by atoms with E-state index in [9.17, 15) is 19.2 Å². The molecule has 2 N–H and O–H groups in total. The maximum Gasteiger partial charge on any atom is 0.268 e. The van der Waals surface area contributed by atoms with Crippen molar-refractivity contribution >= 4 is 35.0 Å². The largest absolute Gasteiger partial charge is 0.476 e. The summed E-state index contributed by atoms with van der Waals surface area (Å²) in [5.41, 5.74) is 0.417. The van der Waals surface area contributed by atoms with E-state index < -0.39 is 29.4 Å². The van der Waals surface area contributed by atoms with Crippen molar-refractivity contribution in [3.8, 4) is 5.75 Å². The molecule has 2 aromatic carbocycles. The fraction of sp³-hybridized carbons (Fsp3) is 0.238. The molecule has 4 amide bonds. The van der Waals surface area contributed by atoms with Crippen LogP contribution >= 0.6 is 0 Å². The van der Waals surface area contributed by atoms with Gasteiger partial charge in [0.25, 0.3) is 17.7 Å². The van der Waals surface area contributed by atoms with Crippen molar-refractivity contribution in [2.45, 2.75) is 32.4 Å². The zero-order chi connectivity index (χ0) is 20.9. The lowest BCUT2D eigenvalue weighted by Crippen LogP contribution is -2.46. The molecular formula is C21H19N3O5. The van der Waals surface area contributed by atoms with E-state index in [1.165, 1.54) is 6.92 Å². The number of amides is 4. The number of rotatable bonds is 3. The number of carbonyl (C=O) groups excluding carboxylic acids is 4. The number of nitrogens with zero attached hydrogens (tertiary/aromatic N) is 1. The van der Waals surface area contributed by atoms with Crippen molar-refractivity contribution in [2.75, 3.05) is 10.6 Å². The van der Waals surface area contributed by atoms with Gasteiger partial charge < -0.3 is 15.4 Å². The summed E-state index contributed by atoms with van der Waals surface area (Å²) in [6.45, 7) is 4.80. The highest BCUT2D eigenvalue weighted by atomic mass is 16.5. The first-order chi connectivity index (χ1) is 13.7. The van der Waals surface area contributed by atoms with Gasteiger partial charge in [-0.15, -0.1) is 0 Å². The number of hydrogen-bond acceptors (Lipinski definition) is 5. The lowest BCUT2D eigenvalue weighted by molar-refractivity contribution is -0.129. The highest BCUT2D eigenvalue weighted by Gasteiger charge is 2.41. The Morgan fingerprint density at radius 3 is 2.31 bits per heavy atom. The maximum absolute atomic E-state index is 12.7. The summed E-state index contributed by atoms with van der Waals surface area (Å²) in [4.78, 5) is 50.8. The van der Waals surface area contributed by atoms with Gasteiger partial charge in [-0.25, -0.2) is 0 Å². The topological polar surface area (TPSA) is 105 Å². The number of benzene rings is 2. The lowest BCUT2D eigenvalue weighted by atomic mass is 10.1. The molecule has 0 spiro atoms. The number of fused-ring (bicyclic) bond motifs is 2. The van der Waals surface area contributed by atoms with Crippen LogP contribution in [-0.2, 0) is 9.59 Å². The summed E-state index contributed by atoms with van der Waals surface area (Å²) >= 11 is 0. The minimum atomic E-state index is -1.01. The van der Waals surface area contributed by atoms with Gasteiger partial charge in [-0.05, 0) is 51.1 Å². The smallest absolute Gasteiger partial charge is 0.268 e. The molecule has 2 aliphatic heterocycles. The van der Waals surface area contributed by atoms with Crippen LogP contribution < -0.4 is 15.4 Å². The van der Waals surface area contributed by atoms with Crippen LogP contribution in [0.25, 0.3) is 0 Å². The van der Waals surface area contributed by atoms with Crippen molar-refractivity contribution in [2.24, 2.45) is 0 Å². The molecule has 0 aromatic heterocycles. The van der Waals surface area contributed by atoms with E-state index in [-0.39, 0.29) is 17.0 Å². The summed E-state index contributed by atoms with van der Waals surface area (Å²) in [5, 5.41) is 5.42. The van der Waals surface area contributed by atoms with E-state index in [0.29, 0.717) is 17.1 Å². The molecule has 2 aliphatic rings. The Kier molecular flexibility index (Phi) is 4.15. The summed E-state index contributed by atoms with van der Waals surface area (Å²) < 4.78 is 5.66. The number of nitrogens with one attached hydrogen (secondary N) is 2. The molecule has 148 valence electrons. The van der Waals surface area contributed by atoms with Crippen LogP contribution in [-0.4, -0.2) is 40.2 Å². The molecule has 0 aliphatic carbocycles. The van der Waals surface area contributed by atoms with E-state index in [0.717, 1.165) is 4.90 Å². The fourth-order valence-electron chi connectivity index (χ4n) is 3.31. The van der Waals surface area contributed by atoms with Crippen molar-refractivity contribution in [3.63, 3.8) is 0 Å². The van der Waals surface area contributed by atoms with Gasteiger partial charge in [0.05, 0.1) is 16.8 Å². The Labute approximate surface area is 166 Å². The normalized spacial score (nSPS) is 17.8. The standard InChI is InChI=1S/C21H19N3O5/c1-11(24-18(26)13-6-4-5-7-14(13)19(24)27)17(25)22-12-8-9-16-15(10-12)23-20(28)21(2,3)29-16/h4-11H,1-3H3,(H,22,25)(H,23,28). The summed E-state index contributed by atoms with van der Waals surface area (Å²) in [6.07, 6.45) is 0. The van der Waals surface area contributed by atoms with Crippen molar-refractivity contribution in [1.82, 2.24) is 4.90 Å². The average Bonchev–Trinajstić information content (AvgIpc) is 2.93.